The first-order chi connectivity index (χ1) is 50.9. The van der Waals surface area contributed by atoms with Gasteiger partial charge in [0.2, 0.25) is 0 Å². The van der Waals surface area contributed by atoms with Crippen LogP contribution in [-0.2, 0) is 65.4 Å². The number of aliphatic hydroxyl groups is 1. The van der Waals surface area contributed by atoms with Gasteiger partial charge in [-0.2, -0.15) is 0 Å². The molecular formula is C86H168O17P2. The Morgan fingerprint density at radius 3 is 0.724 bits per heavy atom. The summed E-state index contributed by atoms with van der Waals surface area (Å²) in [6.45, 7) is 9.69. The smallest absolute Gasteiger partial charge is 0.462 e. The van der Waals surface area contributed by atoms with E-state index in [0.717, 1.165) is 102 Å². The molecule has 0 rings (SSSR count). The lowest BCUT2D eigenvalue weighted by Gasteiger charge is -2.21. The Morgan fingerprint density at radius 2 is 0.486 bits per heavy atom. The minimum absolute atomic E-state index is 0.106. The number of esters is 4. The first-order valence-electron chi connectivity index (χ1n) is 44.5. The summed E-state index contributed by atoms with van der Waals surface area (Å²) < 4.78 is 68.8. The van der Waals surface area contributed by atoms with Crippen LogP contribution < -0.4 is 0 Å². The first-order valence-corrected chi connectivity index (χ1v) is 47.5. The summed E-state index contributed by atoms with van der Waals surface area (Å²) in [6.07, 6.45) is 69.6. The van der Waals surface area contributed by atoms with Crippen LogP contribution in [0.5, 0.6) is 0 Å². The number of phosphoric ester groups is 2. The van der Waals surface area contributed by atoms with E-state index in [1.165, 1.54) is 276 Å². The number of unbranched alkanes of at least 4 members (excludes halogenated alkanes) is 54. The molecule has 0 bridgehead atoms. The molecule has 0 saturated heterocycles. The number of aliphatic hydroxyl groups excluding tert-OH is 1. The second-order valence-corrected chi connectivity index (χ2v) is 34.6. The standard InChI is InChI=1S/C86H168O17P2/c1-7-10-12-14-16-18-20-21-22-23-24-25-26-30-33-36-39-45-51-57-63-69-84(89)97-75-81(102-85(90)70-64-58-52-46-40-37-34-31-28-27-29-32-35-38-43-49-55-61-67-79(6)9-3)76-100-104(92,93)98-72-80(87)73-99-105(94,95)101-77-82(74-96-83(88)68-62-56-50-44-19-17-15-13-11-8-2)103-86(91)71-65-59-53-47-41-42-48-54-60-66-78(4)5/h78-82,87H,7-77H2,1-6H3,(H,92,93)(H,94,95)/t79?,80-,81-,82-/m1/s1. The summed E-state index contributed by atoms with van der Waals surface area (Å²) in [5.74, 6) is -0.497. The molecule has 0 aliphatic rings. The Bertz CT molecular complexity index is 2010. The summed E-state index contributed by atoms with van der Waals surface area (Å²) >= 11 is 0. The maximum absolute atomic E-state index is 13.1. The third kappa shape index (κ3) is 78.5. The van der Waals surface area contributed by atoms with Gasteiger partial charge in [0.15, 0.2) is 12.2 Å². The molecule has 3 unspecified atom stereocenters. The highest BCUT2D eigenvalue weighted by molar-refractivity contribution is 7.47. The molecule has 0 saturated carbocycles. The van der Waals surface area contributed by atoms with Crippen LogP contribution in [-0.4, -0.2) is 96.7 Å². The molecule has 19 heteroatoms. The monoisotopic (exact) mass is 1540 g/mol. The maximum Gasteiger partial charge on any atom is 0.472 e. The molecule has 0 amide bonds. The first kappa shape index (κ1) is 103. The number of ether oxygens (including phenoxy) is 4. The Hall–Kier alpha value is -1.94. The van der Waals surface area contributed by atoms with Gasteiger partial charge in [-0.05, 0) is 37.5 Å². The van der Waals surface area contributed by atoms with Crippen LogP contribution in [0.1, 0.15) is 459 Å². The van der Waals surface area contributed by atoms with Gasteiger partial charge in [-0.1, -0.05) is 408 Å². The van der Waals surface area contributed by atoms with E-state index in [-0.39, 0.29) is 25.7 Å². The van der Waals surface area contributed by atoms with E-state index in [9.17, 15) is 43.2 Å². The lowest BCUT2D eigenvalue weighted by molar-refractivity contribution is -0.161. The van der Waals surface area contributed by atoms with Crippen molar-refractivity contribution >= 4 is 39.5 Å². The van der Waals surface area contributed by atoms with E-state index in [4.69, 9.17) is 37.0 Å². The van der Waals surface area contributed by atoms with E-state index >= 15 is 0 Å². The van der Waals surface area contributed by atoms with Crippen molar-refractivity contribution in [2.24, 2.45) is 11.8 Å². The number of hydrogen-bond donors (Lipinski definition) is 3. The molecule has 105 heavy (non-hydrogen) atoms. The Balaban J connectivity index is 5.19. The fourth-order valence-corrected chi connectivity index (χ4v) is 15.0. The lowest BCUT2D eigenvalue weighted by Crippen LogP contribution is -2.30. The zero-order valence-electron chi connectivity index (χ0n) is 69.0. The third-order valence-electron chi connectivity index (χ3n) is 20.6. The average molecular weight is 1540 g/mol. The van der Waals surface area contributed by atoms with Gasteiger partial charge < -0.3 is 33.8 Å². The molecule has 0 fully saturated rings. The van der Waals surface area contributed by atoms with Crippen molar-refractivity contribution < 1.29 is 80.2 Å². The van der Waals surface area contributed by atoms with E-state index in [2.05, 4.69) is 41.5 Å². The molecule has 0 aromatic rings. The van der Waals surface area contributed by atoms with Crippen LogP contribution in [0, 0.1) is 11.8 Å². The maximum atomic E-state index is 13.1. The number of carbonyl (C=O) groups is 4. The highest BCUT2D eigenvalue weighted by Crippen LogP contribution is 2.45. The highest BCUT2D eigenvalue weighted by Gasteiger charge is 2.30. The van der Waals surface area contributed by atoms with Crippen molar-refractivity contribution in [3.63, 3.8) is 0 Å². The molecule has 3 N–H and O–H groups in total. The Morgan fingerprint density at radius 1 is 0.276 bits per heavy atom. The van der Waals surface area contributed by atoms with Gasteiger partial charge in [-0.3, -0.25) is 37.3 Å². The molecule has 0 aliphatic carbocycles. The fourth-order valence-electron chi connectivity index (χ4n) is 13.4. The van der Waals surface area contributed by atoms with Gasteiger partial charge in [-0.25, -0.2) is 9.13 Å². The second kappa shape index (κ2) is 77.4. The number of phosphoric acid groups is 2. The summed E-state index contributed by atoms with van der Waals surface area (Å²) in [4.78, 5) is 73.1. The fraction of sp³-hybridized carbons (Fsp3) is 0.953. The van der Waals surface area contributed by atoms with Crippen molar-refractivity contribution in [3.8, 4) is 0 Å². The molecular weight excluding hydrogens is 1370 g/mol. The van der Waals surface area contributed by atoms with Gasteiger partial charge >= 0.3 is 39.5 Å². The van der Waals surface area contributed by atoms with Crippen LogP contribution in [0.2, 0.25) is 0 Å². The Kier molecular flexibility index (Phi) is 76.0. The average Bonchev–Trinajstić information content (AvgIpc) is 0.912. The molecule has 0 aromatic carbocycles. The molecule has 6 atom stereocenters. The predicted octanol–water partition coefficient (Wildman–Crippen LogP) is 26.2. The van der Waals surface area contributed by atoms with Crippen molar-refractivity contribution in [1.29, 1.82) is 0 Å². The summed E-state index contributed by atoms with van der Waals surface area (Å²) in [7, 11) is -9.92. The van der Waals surface area contributed by atoms with E-state index in [1.807, 2.05) is 0 Å². The second-order valence-electron chi connectivity index (χ2n) is 31.6. The molecule has 0 radical (unpaired) electrons. The summed E-state index contributed by atoms with van der Waals surface area (Å²) in [6, 6.07) is 0. The van der Waals surface area contributed by atoms with Gasteiger partial charge in [0.05, 0.1) is 26.4 Å². The van der Waals surface area contributed by atoms with Crippen molar-refractivity contribution in [2.45, 2.75) is 477 Å². The van der Waals surface area contributed by atoms with Crippen LogP contribution in [0.25, 0.3) is 0 Å². The summed E-state index contributed by atoms with van der Waals surface area (Å²) in [5, 5.41) is 10.7. The van der Waals surface area contributed by atoms with Crippen LogP contribution >= 0.6 is 15.6 Å². The minimum Gasteiger partial charge on any atom is -0.462 e. The van der Waals surface area contributed by atoms with Crippen molar-refractivity contribution in [2.75, 3.05) is 39.6 Å². The number of hydrogen-bond acceptors (Lipinski definition) is 15. The predicted molar refractivity (Wildman–Crippen MR) is 432 cm³/mol. The van der Waals surface area contributed by atoms with Crippen molar-refractivity contribution in [1.82, 2.24) is 0 Å². The lowest BCUT2D eigenvalue weighted by atomic mass is 9.99. The normalized spacial score (nSPS) is 14.1. The van der Waals surface area contributed by atoms with Crippen LogP contribution in [0.15, 0.2) is 0 Å². The van der Waals surface area contributed by atoms with E-state index in [0.29, 0.717) is 25.7 Å². The third-order valence-corrected chi connectivity index (χ3v) is 22.5. The molecule has 0 heterocycles. The SMILES string of the molecule is CCCCCCCCCCCCCCCCCCCCCCCC(=O)OC[C@H](COP(=O)(O)OC[C@@H](O)COP(=O)(O)OC[C@@H](COC(=O)CCCCCCCCCCCC)OC(=O)CCCCCCCCCCCC(C)C)OC(=O)CCCCCCCCCCCCCCCCCCCCC(C)CC. The molecule has 0 aliphatic heterocycles. The number of carbonyl (C=O) groups excluding carboxylic acids is 4. The highest BCUT2D eigenvalue weighted by atomic mass is 31.2. The van der Waals surface area contributed by atoms with Gasteiger partial charge in [-0.15, -0.1) is 0 Å². The largest absolute Gasteiger partial charge is 0.472 e. The minimum atomic E-state index is -4.97. The summed E-state index contributed by atoms with van der Waals surface area (Å²) in [5.41, 5.74) is 0. The number of rotatable bonds is 85. The zero-order valence-corrected chi connectivity index (χ0v) is 70.8. The quantitative estimate of drug-likeness (QED) is 0.0222. The van der Waals surface area contributed by atoms with Crippen molar-refractivity contribution in [3.05, 3.63) is 0 Å². The van der Waals surface area contributed by atoms with Gasteiger partial charge in [0, 0.05) is 25.7 Å². The van der Waals surface area contributed by atoms with Crippen LogP contribution in [0.3, 0.4) is 0 Å². The van der Waals surface area contributed by atoms with Gasteiger partial charge in [0.1, 0.15) is 19.3 Å². The molecule has 0 aromatic heterocycles. The zero-order chi connectivity index (χ0) is 77.1. The van der Waals surface area contributed by atoms with Gasteiger partial charge in [0.25, 0.3) is 0 Å². The molecule has 0 spiro atoms. The van der Waals surface area contributed by atoms with Crippen LogP contribution in [0.4, 0.5) is 0 Å². The molecule has 624 valence electrons. The molecule has 17 nitrogen and oxygen atoms in total. The topological polar surface area (TPSA) is 237 Å². The Labute approximate surface area is 645 Å². The van der Waals surface area contributed by atoms with E-state index < -0.39 is 97.5 Å². The van der Waals surface area contributed by atoms with E-state index in [1.54, 1.807) is 0 Å².